The van der Waals surface area contributed by atoms with E-state index < -0.39 is 0 Å². The molecule has 1 atom stereocenters. The number of nitrogens with one attached hydrogen (secondary N) is 1. The average molecular weight is 407 g/mol. The number of hydrogen-bond donors (Lipinski definition) is 1. The van der Waals surface area contributed by atoms with Crippen LogP contribution in [0.5, 0.6) is 0 Å². The number of carbonyl (C=O) groups is 2. The van der Waals surface area contributed by atoms with E-state index in [0.29, 0.717) is 17.4 Å². The van der Waals surface area contributed by atoms with Crippen LogP contribution in [0.15, 0.2) is 71.3 Å². The Morgan fingerprint density at radius 2 is 1.86 bits per heavy atom. The first-order valence-corrected chi connectivity index (χ1v) is 10.6. The van der Waals surface area contributed by atoms with Crippen molar-refractivity contribution in [3.05, 3.63) is 83.8 Å². The van der Waals surface area contributed by atoms with Gasteiger partial charge in [-0.3, -0.25) is 14.5 Å². The van der Waals surface area contributed by atoms with Crippen LogP contribution in [0.4, 0.5) is 11.4 Å². The molecule has 0 bridgehead atoms. The summed E-state index contributed by atoms with van der Waals surface area (Å²) in [6, 6.07) is 19.0. The van der Waals surface area contributed by atoms with Gasteiger partial charge in [0, 0.05) is 11.4 Å². The van der Waals surface area contributed by atoms with Crippen LogP contribution in [0.2, 0.25) is 0 Å². The zero-order valence-corrected chi connectivity index (χ0v) is 17.1. The minimum absolute atomic E-state index is 0.0859. The van der Waals surface area contributed by atoms with E-state index in [-0.39, 0.29) is 22.9 Å². The van der Waals surface area contributed by atoms with Gasteiger partial charge in [0.2, 0.25) is 5.91 Å². The molecule has 0 saturated carbocycles. The van der Waals surface area contributed by atoms with Crippen molar-refractivity contribution in [2.75, 3.05) is 16.0 Å². The number of nitrogens with zero attached hydrogens (tertiary/aromatic N) is 1. The second-order valence-corrected chi connectivity index (χ2v) is 8.26. The van der Waals surface area contributed by atoms with Gasteiger partial charge in [-0.05, 0) is 47.4 Å². The predicted octanol–water partition coefficient (Wildman–Crippen LogP) is 5.43. The standard InChI is InChI=1S/C23H22N2O3S/c1-15(2)18-6-3-4-7-19(18)25-21(26)14-29-23(25)16-9-11-17(12-10-16)24-22(27)20-8-5-13-28-20/h3-13,15,23H,14H2,1-2H3,(H,24,27)/t23-/m0/s1. The zero-order chi connectivity index (χ0) is 20.4. The molecule has 6 heteroatoms. The first-order chi connectivity index (χ1) is 14.0. The van der Waals surface area contributed by atoms with Gasteiger partial charge in [0.1, 0.15) is 5.37 Å². The Morgan fingerprint density at radius 1 is 1.10 bits per heavy atom. The number of anilines is 2. The SMILES string of the molecule is CC(C)c1ccccc1N1C(=O)CS[C@H]1c1ccc(NC(=O)c2ccco2)cc1. The van der Waals surface area contributed by atoms with Crippen LogP contribution in [0.1, 0.15) is 46.8 Å². The van der Waals surface area contributed by atoms with Gasteiger partial charge in [0.25, 0.3) is 5.91 Å². The third kappa shape index (κ3) is 3.93. The highest BCUT2D eigenvalue weighted by atomic mass is 32.2. The molecule has 5 nitrogen and oxygen atoms in total. The summed E-state index contributed by atoms with van der Waals surface area (Å²) in [4.78, 5) is 26.7. The molecule has 0 unspecified atom stereocenters. The molecule has 1 N–H and O–H groups in total. The minimum atomic E-state index is -0.291. The molecule has 3 aromatic rings. The Bertz CT molecular complexity index is 1010. The van der Waals surface area contributed by atoms with Gasteiger partial charge in [0.05, 0.1) is 12.0 Å². The Hall–Kier alpha value is -2.99. The average Bonchev–Trinajstić information content (AvgIpc) is 3.38. The maximum absolute atomic E-state index is 12.7. The number of para-hydroxylation sites is 1. The summed E-state index contributed by atoms with van der Waals surface area (Å²) in [6.07, 6.45) is 1.47. The Balaban J connectivity index is 1.57. The van der Waals surface area contributed by atoms with Crippen LogP contribution in [-0.4, -0.2) is 17.6 Å². The molecule has 29 heavy (non-hydrogen) atoms. The van der Waals surface area contributed by atoms with Crippen molar-refractivity contribution in [3.63, 3.8) is 0 Å². The third-order valence-electron chi connectivity index (χ3n) is 4.88. The van der Waals surface area contributed by atoms with E-state index >= 15 is 0 Å². The molecule has 0 spiro atoms. The highest BCUT2D eigenvalue weighted by Gasteiger charge is 2.35. The van der Waals surface area contributed by atoms with E-state index in [4.69, 9.17) is 4.42 Å². The Morgan fingerprint density at radius 3 is 2.55 bits per heavy atom. The molecule has 2 heterocycles. The normalized spacial score (nSPS) is 16.4. The van der Waals surface area contributed by atoms with Crippen molar-refractivity contribution >= 4 is 35.0 Å². The van der Waals surface area contributed by atoms with Crippen molar-refractivity contribution in [2.24, 2.45) is 0 Å². The number of carbonyl (C=O) groups excluding carboxylic acids is 2. The third-order valence-corrected chi connectivity index (χ3v) is 6.10. The number of furan rings is 1. The molecule has 0 radical (unpaired) electrons. The van der Waals surface area contributed by atoms with Gasteiger partial charge in [-0.25, -0.2) is 0 Å². The van der Waals surface area contributed by atoms with Crippen LogP contribution in [0, 0.1) is 0 Å². The highest BCUT2D eigenvalue weighted by Crippen LogP contribution is 2.44. The molecular formula is C23H22N2O3S. The molecule has 1 aromatic heterocycles. The van der Waals surface area contributed by atoms with E-state index in [1.807, 2.05) is 47.4 Å². The second-order valence-electron chi connectivity index (χ2n) is 7.19. The number of hydrogen-bond acceptors (Lipinski definition) is 4. The minimum Gasteiger partial charge on any atom is -0.459 e. The summed E-state index contributed by atoms with van der Waals surface area (Å²) < 4.78 is 5.12. The number of rotatable bonds is 5. The highest BCUT2D eigenvalue weighted by molar-refractivity contribution is 8.00. The fourth-order valence-corrected chi connectivity index (χ4v) is 4.63. The largest absolute Gasteiger partial charge is 0.459 e. The monoisotopic (exact) mass is 406 g/mol. The maximum Gasteiger partial charge on any atom is 0.291 e. The lowest BCUT2D eigenvalue weighted by Gasteiger charge is -2.27. The lowest BCUT2D eigenvalue weighted by molar-refractivity contribution is -0.115. The van der Waals surface area contributed by atoms with Crippen molar-refractivity contribution in [1.29, 1.82) is 0 Å². The Labute approximate surface area is 174 Å². The zero-order valence-electron chi connectivity index (χ0n) is 16.3. The van der Waals surface area contributed by atoms with Gasteiger partial charge in [-0.2, -0.15) is 0 Å². The van der Waals surface area contributed by atoms with Crippen LogP contribution in [0.3, 0.4) is 0 Å². The predicted molar refractivity (Wildman–Crippen MR) is 116 cm³/mol. The smallest absolute Gasteiger partial charge is 0.291 e. The number of amides is 2. The van der Waals surface area contributed by atoms with Gasteiger partial charge in [-0.1, -0.05) is 44.2 Å². The molecule has 2 amide bonds. The van der Waals surface area contributed by atoms with Crippen LogP contribution < -0.4 is 10.2 Å². The van der Waals surface area contributed by atoms with Crippen molar-refractivity contribution in [2.45, 2.75) is 25.1 Å². The summed E-state index contributed by atoms with van der Waals surface area (Å²) in [7, 11) is 0. The van der Waals surface area contributed by atoms with Crippen molar-refractivity contribution in [1.82, 2.24) is 0 Å². The van der Waals surface area contributed by atoms with Crippen molar-refractivity contribution < 1.29 is 14.0 Å². The molecule has 2 aromatic carbocycles. The molecule has 1 fully saturated rings. The van der Waals surface area contributed by atoms with Gasteiger partial charge in [0.15, 0.2) is 5.76 Å². The summed E-state index contributed by atoms with van der Waals surface area (Å²) in [5.74, 6) is 0.865. The summed E-state index contributed by atoms with van der Waals surface area (Å²) >= 11 is 1.62. The first kappa shape index (κ1) is 19.3. The maximum atomic E-state index is 12.7. The number of benzene rings is 2. The van der Waals surface area contributed by atoms with Crippen LogP contribution in [-0.2, 0) is 4.79 Å². The number of thioether (sulfide) groups is 1. The van der Waals surface area contributed by atoms with E-state index in [1.54, 1.807) is 23.9 Å². The molecule has 1 aliphatic rings. The van der Waals surface area contributed by atoms with E-state index in [1.165, 1.54) is 6.26 Å². The Kier molecular flexibility index (Phi) is 5.45. The molecule has 148 valence electrons. The molecular weight excluding hydrogens is 384 g/mol. The summed E-state index contributed by atoms with van der Waals surface area (Å²) in [6.45, 7) is 4.27. The van der Waals surface area contributed by atoms with E-state index in [2.05, 4.69) is 25.2 Å². The fraction of sp³-hybridized carbons (Fsp3) is 0.217. The summed E-state index contributed by atoms with van der Waals surface area (Å²) in [5, 5.41) is 2.73. The molecule has 0 aliphatic carbocycles. The van der Waals surface area contributed by atoms with Gasteiger partial charge in [-0.15, -0.1) is 11.8 Å². The molecule has 1 saturated heterocycles. The van der Waals surface area contributed by atoms with Crippen molar-refractivity contribution in [3.8, 4) is 0 Å². The van der Waals surface area contributed by atoms with Crippen LogP contribution in [0.25, 0.3) is 0 Å². The topological polar surface area (TPSA) is 62.6 Å². The lowest BCUT2D eigenvalue weighted by Crippen LogP contribution is -2.29. The molecule has 1 aliphatic heterocycles. The van der Waals surface area contributed by atoms with Gasteiger partial charge >= 0.3 is 0 Å². The summed E-state index contributed by atoms with van der Waals surface area (Å²) in [5.41, 5.74) is 3.84. The van der Waals surface area contributed by atoms with E-state index in [9.17, 15) is 9.59 Å². The van der Waals surface area contributed by atoms with Crippen LogP contribution >= 0.6 is 11.8 Å². The second kappa shape index (κ2) is 8.17. The molecule has 4 rings (SSSR count). The lowest BCUT2D eigenvalue weighted by atomic mass is 10.00. The fourth-order valence-electron chi connectivity index (χ4n) is 3.46. The quantitative estimate of drug-likeness (QED) is 0.613. The van der Waals surface area contributed by atoms with Gasteiger partial charge < -0.3 is 9.73 Å². The van der Waals surface area contributed by atoms with E-state index in [0.717, 1.165) is 16.8 Å². The first-order valence-electron chi connectivity index (χ1n) is 9.52.